The average Bonchev–Trinajstić information content (AvgIpc) is 3.22. The number of aliphatic hydroxyl groups is 2. The molecule has 0 spiro atoms. The Hall–Kier alpha value is -1.74. The molecule has 178 valence electrons. The standard InChI is InChI=1S/C23H34ClN3O5/c1-3-4-5-6-7-8-9-10-21(28)31-14-18-23(30)22(29)17(32-18)13-20-25-15(2)16-11-12-19(24)26-27(16)20/h11-12,17-18,22-23,29-30H,3-10,13-14H2,1-2H3/t17-,18+,22-,23+/m0/s1. The van der Waals surface area contributed by atoms with Crippen molar-refractivity contribution in [2.45, 2.75) is 96.1 Å². The van der Waals surface area contributed by atoms with E-state index in [2.05, 4.69) is 17.0 Å². The van der Waals surface area contributed by atoms with Gasteiger partial charge >= 0.3 is 5.97 Å². The largest absolute Gasteiger partial charge is 0.463 e. The third-order valence-corrected chi connectivity index (χ3v) is 6.15. The van der Waals surface area contributed by atoms with Crippen LogP contribution in [0, 0.1) is 6.92 Å². The van der Waals surface area contributed by atoms with Gasteiger partial charge in [0.1, 0.15) is 35.9 Å². The van der Waals surface area contributed by atoms with Crippen LogP contribution in [0.3, 0.4) is 0 Å². The molecule has 0 unspecified atom stereocenters. The Morgan fingerprint density at radius 2 is 1.81 bits per heavy atom. The number of esters is 1. The van der Waals surface area contributed by atoms with Crippen LogP contribution in [-0.2, 0) is 20.7 Å². The predicted molar refractivity (Wildman–Crippen MR) is 121 cm³/mol. The number of aromatic nitrogens is 3. The van der Waals surface area contributed by atoms with Crippen molar-refractivity contribution in [3.8, 4) is 0 Å². The van der Waals surface area contributed by atoms with Gasteiger partial charge in [0.15, 0.2) is 0 Å². The molecule has 0 radical (unpaired) electrons. The first kappa shape index (κ1) is 24.9. The molecule has 3 heterocycles. The molecule has 2 aromatic heterocycles. The first-order chi connectivity index (χ1) is 15.4. The molecule has 1 aliphatic heterocycles. The van der Waals surface area contributed by atoms with Crippen molar-refractivity contribution in [1.29, 1.82) is 0 Å². The van der Waals surface area contributed by atoms with E-state index in [1.807, 2.05) is 13.0 Å². The molecule has 0 saturated carbocycles. The fourth-order valence-corrected chi connectivity index (χ4v) is 4.23. The van der Waals surface area contributed by atoms with Gasteiger partial charge in [-0.2, -0.15) is 5.10 Å². The van der Waals surface area contributed by atoms with Crippen molar-refractivity contribution in [3.05, 3.63) is 28.8 Å². The van der Waals surface area contributed by atoms with E-state index in [0.29, 0.717) is 17.4 Å². The number of aliphatic hydroxyl groups excluding tert-OH is 2. The number of nitrogens with zero attached hydrogens (tertiary/aromatic N) is 3. The number of imidazole rings is 1. The molecule has 0 aliphatic carbocycles. The number of carbonyl (C=O) groups excluding carboxylic acids is 1. The van der Waals surface area contributed by atoms with Crippen LogP contribution in [0.5, 0.6) is 0 Å². The van der Waals surface area contributed by atoms with E-state index in [-0.39, 0.29) is 19.0 Å². The maximum absolute atomic E-state index is 12.0. The number of carbonyl (C=O) groups is 1. The van der Waals surface area contributed by atoms with Crippen LogP contribution in [0.25, 0.3) is 5.52 Å². The Kier molecular flexibility index (Phi) is 9.28. The predicted octanol–water partition coefficient (Wildman–Crippen LogP) is 3.41. The lowest BCUT2D eigenvalue weighted by Crippen LogP contribution is -2.35. The van der Waals surface area contributed by atoms with Crippen LogP contribution in [0.4, 0.5) is 0 Å². The third kappa shape index (κ3) is 6.41. The maximum Gasteiger partial charge on any atom is 0.305 e. The fourth-order valence-electron chi connectivity index (χ4n) is 4.09. The van der Waals surface area contributed by atoms with Crippen LogP contribution in [0.15, 0.2) is 12.1 Å². The summed E-state index contributed by atoms with van der Waals surface area (Å²) in [5, 5.41) is 25.4. The Bertz CT molecular complexity index is 890. The maximum atomic E-state index is 12.0. The second-order valence-electron chi connectivity index (χ2n) is 8.52. The number of hydrogen-bond donors (Lipinski definition) is 2. The van der Waals surface area contributed by atoms with Gasteiger partial charge in [-0.1, -0.05) is 57.0 Å². The second kappa shape index (κ2) is 11.9. The molecule has 32 heavy (non-hydrogen) atoms. The highest BCUT2D eigenvalue weighted by molar-refractivity contribution is 6.29. The smallest absolute Gasteiger partial charge is 0.305 e. The molecule has 1 saturated heterocycles. The number of aryl methyl sites for hydroxylation is 1. The van der Waals surface area contributed by atoms with Crippen molar-refractivity contribution in [1.82, 2.24) is 14.6 Å². The lowest BCUT2D eigenvalue weighted by Gasteiger charge is -2.14. The lowest BCUT2D eigenvalue weighted by molar-refractivity contribution is -0.149. The van der Waals surface area contributed by atoms with Crippen molar-refractivity contribution in [2.75, 3.05) is 6.61 Å². The van der Waals surface area contributed by atoms with E-state index in [1.54, 1.807) is 10.6 Å². The van der Waals surface area contributed by atoms with Crippen LogP contribution < -0.4 is 0 Å². The van der Waals surface area contributed by atoms with E-state index in [9.17, 15) is 15.0 Å². The minimum Gasteiger partial charge on any atom is -0.463 e. The van der Waals surface area contributed by atoms with Crippen LogP contribution in [-0.4, -0.2) is 61.8 Å². The summed E-state index contributed by atoms with van der Waals surface area (Å²) in [6.45, 7) is 3.97. The van der Waals surface area contributed by atoms with E-state index < -0.39 is 24.4 Å². The zero-order valence-electron chi connectivity index (χ0n) is 18.9. The highest BCUT2D eigenvalue weighted by Gasteiger charge is 2.43. The summed E-state index contributed by atoms with van der Waals surface area (Å²) in [7, 11) is 0. The highest BCUT2D eigenvalue weighted by Crippen LogP contribution is 2.25. The van der Waals surface area contributed by atoms with Crippen molar-refractivity contribution in [2.24, 2.45) is 0 Å². The third-order valence-electron chi connectivity index (χ3n) is 5.95. The van der Waals surface area contributed by atoms with Gasteiger partial charge < -0.3 is 19.7 Å². The summed E-state index contributed by atoms with van der Waals surface area (Å²) < 4.78 is 12.7. The van der Waals surface area contributed by atoms with Gasteiger partial charge in [-0.25, -0.2) is 9.50 Å². The van der Waals surface area contributed by atoms with Crippen LogP contribution in [0.2, 0.25) is 5.15 Å². The molecule has 0 aromatic carbocycles. The molecular formula is C23H34ClN3O5. The van der Waals surface area contributed by atoms with Crippen molar-refractivity contribution >= 4 is 23.1 Å². The molecule has 8 nitrogen and oxygen atoms in total. The van der Waals surface area contributed by atoms with E-state index in [4.69, 9.17) is 21.1 Å². The first-order valence-corrected chi connectivity index (χ1v) is 12.0. The number of rotatable bonds is 12. The molecule has 3 rings (SSSR count). The van der Waals surface area contributed by atoms with Gasteiger partial charge in [0.25, 0.3) is 0 Å². The first-order valence-electron chi connectivity index (χ1n) is 11.6. The Morgan fingerprint density at radius 1 is 1.12 bits per heavy atom. The number of halogens is 1. The van der Waals surface area contributed by atoms with Gasteiger partial charge in [0.05, 0.1) is 17.3 Å². The molecule has 1 aliphatic rings. The summed E-state index contributed by atoms with van der Waals surface area (Å²) in [4.78, 5) is 16.5. The molecular weight excluding hydrogens is 434 g/mol. The molecule has 2 N–H and O–H groups in total. The topological polar surface area (TPSA) is 106 Å². The number of hydrogen-bond acceptors (Lipinski definition) is 7. The fraction of sp³-hybridized carbons (Fsp3) is 0.696. The van der Waals surface area contributed by atoms with Gasteiger partial charge in [0, 0.05) is 12.8 Å². The van der Waals surface area contributed by atoms with Crippen molar-refractivity contribution in [3.63, 3.8) is 0 Å². The van der Waals surface area contributed by atoms with Crippen molar-refractivity contribution < 1.29 is 24.5 Å². The zero-order chi connectivity index (χ0) is 23.1. The SMILES string of the molecule is CCCCCCCCCC(=O)OC[C@H]1O[C@@H](Cc2nc(C)c3ccc(Cl)nn23)[C@H](O)[C@@H]1O. The monoisotopic (exact) mass is 467 g/mol. The summed E-state index contributed by atoms with van der Waals surface area (Å²) in [5.41, 5.74) is 1.60. The highest BCUT2D eigenvalue weighted by atomic mass is 35.5. The number of ether oxygens (including phenoxy) is 2. The van der Waals surface area contributed by atoms with Gasteiger partial charge in [-0.05, 0) is 25.5 Å². The molecule has 4 atom stereocenters. The second-order valence-corrected chi connectivity index (χ2v) is 8.91. The van der Waals surface area contributed by atoms with E-state index in [0.717, 1.165) is 30.5 Å². The molecule has 1 fully saturated rings. The molecule has 2 aromatic rings. The normalized spacial score (nSPS) is 23.2. The molecule has 0 amide bonds. The summed E-state index contributed by atoms with van der Waals surface area (Å²) >= 11 is 6.01. The lowest BCUT2D eigenvalue weighted by atomic mass is 10.1. The number of unbranched alkanes of at least 4 members (excludes halogenated alkanes) is 6. The minimum atomic E-state index is -1.14. The quantitative estimate of drug-likeness (QED) is 0.364. The molecule has 0 bridgehead atoms. The average molecular weight is 468 g/mol. The summed E-state index contributed by atoms with van der Waals surface area (Å²) in [5.74, 6) is 0.272. The Labute approximate surface area is 193 Å². The summed E-state index contributed by atoms with van der Waals surface area (Å²) in [6, 6.07) is 3.52. The molecule has 9 heteroatoms. The Balaban J connectivity index is 1.45. The zero-order valence-corrected chi connectivity index (χ0v) is 19.6. The minimum absolute atomic E-state index is 0.0878. The summed E-state index contributed by atoms with van der Waals surface area (Å²) in [6.07, 6.45) is 4.74. The van der Waals surface area contributed by atoms with E-state index in [1.165, 1.54) is 25.7 Å². The van der Waals surface area contributed by atoms with Gasteiger partial charge in [-0.15, -0.1) is 0 Å². The van der Waals surface area contributed by atoms with Gasteiger partial charge in [-0.3, -0.25) is 4.79 Å². The van der Waals surface area contributed by atoms with E-state index >= 15 is 0 Å². The van der Waals surface area contributed by atoms with Crippen LogP contribution >= 0.6 is 11.6 Å². The van der Waals surface area contributed by atoms with Crippen LogP contribution in [0.1, 0.15) is 69.8 Å². The number of fused-ring (bicyclic) bond motifs is 1. The van der Waals surface area contributed by atoms with Gasteiger partial charge in [0.2, 0.25) is 0 Å². The Morgan fingerprint density at radius 3 is 2.56 bits per heavy atom.